The normalized spacial score (nSPS) is 23.0. The number of rotatable bonds is 6. The van der Waals surface area contributed by atoms with Gasteiger partial charge in [-0.1, -0.05) is 49.9 Å². The molecule has 0 aromatic heterocycles. The lowest BCUT2D eigenvalue weighted by molar-refractivity contribution is -0.118. The molecule has 1 aromatic rings. The van der Waals surface area contributed by atoms with Crippen molar-refractivity contribution in [2.45, 2.75) is 67.6 Å². The Labute approximate surface area is 174 Å². The molecule has 3 rings (SSSR count). The molecule has 1 heterocycles. The molecule has 1 unspecified atom stereocenters. The van der Waals surface area contributed by atoms with Gasteiger partial charge in [0.2, 0.25) is 15.9 Å². The highest BCUT2D eigenvalue weighted by Gasteiger charge is 2.31. The van der Waals surface area contributed by atoms with E-state index in [0.717, 1.165) is 43.9 Å². The maximum absolute atomic E-state index is 13.7. The van der Waals surface area contributed by atoms with E-state index in [9.17, 15) is 22.0 Å². The number of carbonyl (C=O) groups excluding carboxylic acids is 1. The van der Waals surface area contributed by atoms with Crippen molar-refractivity contribution in [2.24, 2.45) is 4.99 Å². The summed E-state index contributed by atoms with van der Waals surface area (Å²) in [6, 6.07) is 3.08. The van der Waals surface area contributed by atoms with Gasteiger partial charge in [0.05, 0.1) is 11.3 Å². The van der Waals surface area contributed by atoms with Crippen LogP contribution in [0.4, 0.5) is 8.78 Å². The first kappa shape index (κ1) is 22.2. The minimum Gasteiger partial charge on any atom is -0.304 e. The van der Waals surface area contributed by atoms with Crippen molar-refractivity contribution in [2.75, 3.05) is 6.54 Å². The largest absolute Gasteiger partial charge is 0.304 e. The summed E-state index contributed by atoms with van der Waals surface area (Å²) in [5.41, 5.74) is 0. The number of benzene rings is 1. The first-order valence-electron chi connectivity index (χ1n) is 9.86. The number of halogens is 2. The third kappa shape index (κ3) is 5.99. The second-order valence-electron chi connectivity index (χ2n) is 7.27. The zero-order valence-electron chi connectivity index (χ0n) is 16.0. The molecule has 160 valence electrons. The Morgan fingerprint density at radius 3 is 2.38 bits per heavy atom. The Balaban J connectivity index is 1.54. The molecule has 29 heavy (non-hydrogen) atoms. The topological polar surface area (TPSA) is 87.6 Å². The third-order valence-electron chi connectivity index (χ3n) is 5.04. The number of amidine groups is 1. The van der Waals surface area contributed by atoms with Gasteiger partial charge in [0.25, 0.3) is 0 Å². The highest BCUT2D eigenvalue weighted by molar-refractivity contribution is 8.15. The Morgan fingerprint density at radius 1 is 1.10 bits per heavy atom. The molecule has 10 heteroatoms. The number of amides is 1. The lowest BCUT2D eigenvalue weighted by atomic mass is 9.97. The van der Waals surface area contributed by atoms with E-state index in [1.54, 1.807) is 0 Å². The fourth-order valence-electron chi connectivity index (χ4n) is 3.52. The van der Waals surface area contributed by atoms with Crippen LogP contribution in [0.2, 0.25) is 0 Å². The molecule has 0 spiro atoms. The van der Waals surface area contributed by atoms with Crippen molar-refractivity contribution >= 4 is 32.9 Å². The molecule has 1 atom stereocenters. The van der Waals surface area contributed by atoms with Crippen molar-refractivity contribution in [1.82, 2.24) is 10.0 Å². The van der Waals surface area contributed by atoms with Crippen molar-refractivity contribution in [1.29, 1.82) is 0 Å². The van der Waals surface area contributed by atoms with Crippen molar-refractivity contribution in [3.05, 3.63) is 29.8 Å². The summed E-state index contributed by atoms with van der Waals surface area (Å²) in [5, 5.41) is 2.85. The highest BCUT2D eigenvalue weighted by Crippen LogP contribution is 2.26. The number of sulfonamides is 1. The van der Waals surface area contributed by atoms with E-state index in [1.165, 1.54) is 31.0 Å². The molecular weight excluding hydrogens is 420 g/mol. The minimum absolute atomic E-state index is 0.113. The maximum atomic E-state index is 13.7. The van der Waals surface area contributed by atoms with Gasteiger partial charge < -0.3 is 5.32 Å². The first-order valence-corrected chi connectivity index (χ1v) is 12.2. The van der Waals surface area contributed by atoms with Crippen LogP contribution in [-0.2, 0) is 14.8 Å². The van der Waals surface area contributed by atoms with Crippen LogP contribution >= 0.6 is 11.8 Å². The van der Waals surface area contributed by atoms with E-state index in [-0.39, 0.29) is 24.9 Å². The van der Waals surface area contributed by atoms with Gasteiger partial charge in [0, 0.05) is 6.54 Å². The van der Waals surface area contributed by atoms with Crippen LogP contribution in [0.15, 0.2) is 28.1 Å². The van der Waals surface area contributed by atoms with Gasteiger partial charge in [-0.05, 0) is 31.4 Å². The fourth-order valence-corrected chi connectivity index (χ4v) is 5.74. The molecule has 2 N–H and O–H groups in total. The lowest BCUT2D eigenvalue weighted by Crippen LogP contribution is -2.31. The van der Waals surface area contributed by atoms with E-state index in [4.69, 9.17) is 0 Å². The van der Waals surface area contributed by atoms with Gasteiger partial charge in [0.15, 0.2) is 10.1 Å². The average Bonchev–Trinajstić information content (AvgIpc) is 2.96. The Morgan fingerprint density at radius 2 is 1.72 bits per heavy atom. The van der Waals surface area contributed by atoms with Gasteiger partial charge in [-0.3, -0.25) is 9.79 Å². The summed E-state index contributed by atoms with van der Waals surface area (Å²) in [6.45, 7) is -0.113. The van der Waals surface area contributed by atoms with Gasteiger partial charge in [-0.25, -0.2) is 21.9 Å². The highest BCUT2D eigenvalue weighted by atomic mass is 32.2. The number of thioether (sulfide) groups is 1. The smallest absolute Gasteiger partial charge is 0.246 e. The monoisotopic (exact) mass is 445 g/mol. The Hall–Kier alpha value is -1.52. The van der Waals surface area contributed by atoms with Gasteiger partial charge in [0.1, 0.15) is 11.6 Å². The summed E-state index contributed by atoms with van der Waals surface area (Å²) < 4.78 is 54.0. The predicted molar refractivity (Wildman–Crippen MR) is 109 cm³/mol. The summed E-state index contributed by atoms with van der Waals surface area (Å²) >= 11 is 1.28. The Kier molecular flexibility index (Phi) is 7.64. The molecule has 1 saturated carbocycles. The average molecular weight is 446 g/mol. The van der Waals surface area contributed by atoms with Crippen LogP contribution in [-0.4, -0.2) is 37.3 Å². The third-order valence-corrected chi connectivity index (χ3v) is 7.71. The predicted octanol–water partition coefficient (Wildman–Crippen LogP) is 3.33. The molecule has 1 aliphatic heterocycles. The number of carbonyl (C=O) groups is 1. The Bertz CT molecular complexity index is 849. The van der Waals surface area contributed by atoms with Gasteiger partial charge >= 0.3 is 0 Å². The van der Waals surface area contributed by atoms with Crippen LogP contribution < -0.4 is 10.0 Å². The fraction of sp³-hybridized carbons (Fsp3) is 0.579. The molecule has 2 aliphatic rings. The summed E-state index contributed by atoms with van der Waals surface area (Å²) in [5.74, 6) is -2.53. The molecule has 1 aromatic carbocycles. The molecule has 1 amide bonds. The molecule has 1 aliphatic carbocycles. The molecular formula is C19H25F2N3O3S2. The second-order valence-corrected chi connectivity index (χ2v) is 10.2. The van der Waals surface area contributed by atoms with E-state index in [2.05, 4.69) is 15.0 Å². The van der Waals surface area contributed by atoms with Crippen LogP contribution in [0.1, 0.15) is 51.4 Å². The van der Waals surface area contributed by atoms with Gasteiger partial charge in [-0.2, -0.15) is 0 Å². The lowest BCUT2D eigenvalue weighted by Gasteiger charge is -2.16. The zero-order valence-corrected chi connectivity index (χ0v) is 17.6. The zero-order chi connectivity index (χ0) is 20.9. The number of aliphatic imine (C=N–C) groups is 1. The minimum atomic E-state index is -4.35. The van der Waals surface area contributed by atoms with E-state index in [1.807, 2.05) is 0 Å². The molecule has 0 radical (unpaired) electrons. The van der Waals surface area contributed by atoms with Crippen molar-refractivity contribution in [3.8, 4) is 0 Å². The van der Waals surface area contributed by atoms with Crippen LogP contribution in [0.5, 0.6) is 0 Å². The summed E-state index contributed by atoms with van der Waals surface area (Å²) in [4.78, 5) is 15.8. The van der Waals surface area contributed by atoms with Crippen LogP contribution in [0.25, 0.3) is 0 Å². The molecule has 6 nitrogen and oxygen atoms in total. The quantitative estimate of drug-likeness (QED) is 0.703. The van der Waals surface area contributed by atoms with Crippen LogP contribution in [0.3, 0.4) is 0 Å². The SMILES string of the molecule is O=C1NC(=NC2CCCCCCC2)SC1CCNS(=O)(=O)c1c(F)cccc1F. The number of hydrogen-bond donors (Lipinski definition) is 2. The molecule has 0 bridgehead atoms. The standard InChI is InChI=1S/C19H25F2N3O3S2/c20-14-9-6-10-15(21)17(14)29(26,27)22-12-11-16-18(25)24-19(28-16)23-13-7-4-2-1-3-5-8-13/h6,9-10,13,16,22H,1-5,7-8,11-12H2,(H,23,24,25). The number of nitrogens with one attached hydrogen (secondary N) is 2. The second kappa shape index (κ2) is 9.99. The molecule has 1 saturated heterocycles. The van der Waals surface area contributed by atoms with Crippen molar-refractivity contribution in [3.63, 3.8) is 0 Å². The number of nitrogens with zero attached hydrogens (tertiary/aromatic N) is 1. The van der Waals surface area contributed by atoms with E-state index >= 15 is 0 Å². The maximum Gasteiger partial charge on any atom is 0.246 e. The first-order chi connectivity index (χ1) is 13.9. The summed E-state index contributed by atoms with van der Waals surface area (Å²) in [7, 11) is -4.35. The van der Waals surface area contributed by atoms with E-state index in [0.29, 0.717) is 5.17 Å². The van der Waals surface area contributed by atoms with E-state index < -0.39 is 31.8 Å². The number of hydrogen-bond acceptors (Lipinski definition) is 5. The van der Waals surface area contributed by atoms with Gasteiger partial charge in [-0.15, -0.1) is 0 Å². The van der Waals surface area contributed by atoms with Crippen LogP contribution in [0, 0.1) is 11.6 Å². The van der Waals surface area contributed by atoms with Crippen molar-refractivity contribution < 1.29 is 22.0 Å². The summed E-state index contributed by atoms with van der Waals surface area (Å²) in [6.07, 6.45) is 8.18. The molecule has 2 fully saturated rings.